The second-order valence-corrected chi connectivity index (χ2v) is 7.06. The van der Waals surface area contributed by atoms with Crippen LogP contribution in [0.2, 0.25) is 0 Å². The maximum absolute atomic E-state index is 11.0. The summed E-state index contributed by atoms with van der Waals surface area (Å²) in [5.41, 5.74) is -0.638. The molecule has 0 amide bonds. The summed E-state index contributed by atoms with van der Waals surface area (Å²) in [7, 11) is -2.64. The van der Waals surface area contributed by atoms with E-state index in [1.54, 1.807) is 0 Å². The SMILES string of the molecule is CCCCOCCC(CCOCCCC)(CO[P+](=O)O)OCCCC. The molecule has 7 heteroatoms. The first-order valence-corrected chi connectivity index (χ1v) is 10.8. The van der Waals surface area contributed by atoms with Gasteiger partial charge in [-0.25, -0.2) is 0 Å². The van der Waals surface area contributed by atoms with E-state index >= 15 is 0 Å². The minimum absolute atomic E-state index is 0.0801. The van der Waals surface area contributed by atoms with Crippen LogP contribution in [0.3, 0.4) is 0 Å². The molecule has 1 atom stereocenters. The molecule has 0 fully saturated rings. The Kier molecular flexibility index (Phi) is 17.3. The van der Waals surface area contributed by atoms with Crippen LogP contribution in [0.1, 0.15) is 72.1 Å². The van der Waals surface area contributed by atoms with Crippen molar-refractivity contribution in [1.82, 2.24) is 0 Å². The second-order valence-electron chi connectivity index (χ2n) is 6.33. The van der Waals surface area contributed by atoms with Crippen molar-refractivity contribution in [3.63, 3.8) is 0 Å². The van der Waals surface area contributed by atoms with Gasteiger partial charge in [0.2, 0.25) is 0 Å². The molecule has 1 unspecified atom stereocenters. The third-order valence-corrected chi connectivity index (χ3v) is 4.38. The minimum Gasteiger partial charge on any atom is -0.381 e. The van der Waals surface area contributed by atoms with Crippen LogP contribution in [0.25, 0.3) is 0 Å². The molecule has 150 valence electrons. The lowest BCUT2D eigenvalue weighted by atomic mass is 9.97. The molecule has 0 spiro atoms. The van der Waals surface area contributed by atoms with Gasteiger partial charge in [0.05, 0.1) is 0 Å². The lowest BCUT2D eigenvalue weighted by molar-refractivity contribution is -0.106. The van der Waals surface area contributed by atoms with Gasteiger partial charge in [-0.05, 0) is 19.3 Å². The average Bonchev–Trinajstić information content (AvgIpc) is 2.59. The quantitative estimate of drug-likeness (QED) is 0.260. The summed E-state index contributed by atoms with van der Waals surface area (Å²) in [6.07, 6.45) is 7.48. The van der Waals surface area contributed by atoms with Gasteiger partial charge in [0.1, 0.15) is 12.2 Å². The normalized spacial score (nSPS) is 12.6. The molecule has 0 bridgehead atoms. The Balaban J connectivity index is 4.63. The summed E-state index contributed by atoms with van der Waals surface area (Å²) in [6.45, 7) is 9.59. The summed E-state index contributed by atoms with van der Waals surface area (Å²) in [5, 5.41) is 0. The topological polar surface area (TPSA) is 74.2 Å². The fraction of sp³-hybridized carbons (Fsp3) is 1.00. The van der Waals surface area contributed by atoms with Gasteiger partial charge < -0.3 is 14.2 Å². The van der Waals surface area contributed by atoms with Gasteiger partial charge in [-0.2, -0.15) is 0 Å². The van der Waals surface area contributed by atoms with Crippen molar-refractivity contribution in [2.45, 2.75) is 77.7 Å². The Morgan fingerprint density at radius 2 is 1.28 bits per heavy atom. The van der Waals surface area contributed by atoms with E-state index in [0.29, 0.717) is 32.7 Å². The van der Waals surface area contributed by atoms with Crippen LogP contribution >= 0.6 is 8.25 Å². The molecule has 0 heterocycles. The van der Waals surface area contributed by atoms with Crippen LogP contribution in [0.5, 0.6) is 0 Å². The Bertz CT molecular complexity index is 300. The molecule has 0 aromatic carbocycles. The van der Waals surface area contributed by atoms with Crippen molar-refractivity contribution < 1.29 is 28.2 Å². The molecule has 6 nitrogen and oxygen atoms in total. The summed E-state index contributed by atoms with van der Waals surface area (Å²) in [4.78, 5) is 9.04. The van der Waals surface area contributed by atoms with Gasteiger partial charge in [-0.3, -0.25) is 0 Å². The Morgan fingerprint density at radius 3 is 1.72 bits per heavy atom. The molecule has 0 aromatic heterocycles. The third kappa shape index (κ3) is 14.7. The van der Waals surface area contributed by atoms with Crippen LogP contribution in [-0.4, -0.2) is 50.1 Å². The van der Waals surface area contributed by atoms with Crippen molar-refractivity contribution in [2.24, 2.45) is 0 Å². The lowest BCUT2D eigenvalue weighted by Crippen LogP contribution is -2.40. The average molecular weight is 381 g/mol. The second kappa shape index (κ2) is 17.3. The molecule has 25 heavy (non-hydrogen) atoms. The van der Waals surface area contributed by atoms with Crippen molar-refractivity contribution >= 4 is 8.25 Å². The Labute approximate surface area is 154 Å². The number of hydrogen-bond acceptors (Lipinski definition) is 5. The van der Waals surface area contributed by atoms with Gasteiger partial charge in [-0.1, -0.05) is 40.0 Å². The fourth-order valence-corrected chi connectivity index (χ4v) is 2.62. The highest BCUT2D eigenvalue weighted by Gasteiger charge is 2.35. The summed E-state index contributed by atoms with van der Waals surface area (Å²) in [5.74, 6) is 0. The number of rotatable bonds is 19. The smallest absolute Gasteiger partial charge is 0.381 e. The van der Waals surface area contributed by atoms with E-state index in [0.717, 1.165) is 51.7 Å². The summed E-state index contributed by atoms with van der Waals surface area (Å²) < 4.78 is 33.5. The van der Waals surface area contributed by atoms with E-state index in [2.05, 4.69) is 20.8 Å². The predicted molar refractivity (Wildman–Crippen MR) is 100 cm³/mol. The van der Waals surface area contributed by atoms with E-state index in [-0.39, 0.29) is 6.61 Å². The molecular formula is C18H38O6P+. The monoisotopic (exact) mass is 381 g/mol. The third-order valence-electron chi connectivity index (χ3n) is 4.03. The van der Waals surface area contributed by atoms with E-state index < -0.39 is 13.9 Å². The van der Waals surface area contributed by atoms with E-state index in [1.165, 1.54) is 0 Å². The number of unbranched alkanes of at least 4 members (excludes halogenated alkanes) is 3. The predicted octanol–water partition coefficient (Wildman–Crippen LogP) is 4.62. The summed E-state index contributed by atoms with van der Waals surface area (Å²) >= 11 is 0. The van der Waals surface area contributed by atoms with Crippen LogP contribution in [0.15, 0.2) is 0 Å². The molecule has 0 aliphatic heterocycles. The highest BCUT2D eigenvalue weighted by molar-refractivity contribution is 7.32. The molecule has 0 radical (unpaired) electrons. The van der Waals surface area contributed by atoms with Crippen molar-refractivity contribution in [1.29, 1.82) is 0 Å². The maximum atomic E-state index is 11.0. The largest absolute Gasteiger partial charge is 0.694 e. The standard InChI is InChI=1S/C18H37O6P/c1-4-7-12-21-15-10-18(17-24-25(19)20,23-14-9-6-3)11-16-22-13-8-5-2/h4-17H2,1-3H3/p+1. The van der Waals surface area contributed by atoms with Crippen LogP contribution in [-0.2, 0) is 23.3 Å². The molecule has 0 saturated heterocycles. The van der Waals surface area contributed by atoms with E-state index in [9.17, 15) is 4.57 Å². The van der Waals surface area contributed by atoms with E-state index in [1.807, 2.05) is 0 Å². The molecule has 0 saturated carbocycles. The zero-order valence-electron chi connectivity index (χ0n) is 16.3. The van der Waals surface area contributed by atoms with Gasteiger partial charge in [0.25, 0.3) is 0 Å². The minimum atomic E-state index is -2.64. The zero-order chi connectivity index (χ0) is 18.8. The van der Waals surface area contributed by atoms with Gasteiger partial charge in [-0.15, -0.1) is 9.42 Å². The van der Waals surface area contributed by atoms with Gasteiger partial charge >= 0.3 is 8.25 Å². The first kappa shape index (κ1) is 24.9. The number of ether oxygens (including phenoxy) is 3. The van der Waals surface area contributed by atoms with Crippen LogP contribution in [0, 0.1) is 0 Å². The molecule has 0 rings (SSSR count). The Morgan fingerprint density at radius 1 is 0.800 bits per heavy atom. The van der Waals surface area contributed by atoms with Crippen molar-refractivity contribution in [3.8, 4) is 0 Å². The van der Waals surface area contributed by atoms with Crippen molar-refractivity contribution in [3.05, 3.63) is 0 Å². The first-order chi connectivity index (χ1) is 12.1. The van der Waals surface area contributed by atoms with E-state index in [4.69, 9.17) is 23.6 Å². The highest BCUT2D eigenvalue weighted by Crippen LogP contribution is 2.27. The number of hydrogen-bond donors (Lipinski definition) is 1. The molecular weight excluding hydrogens is 343 g/mol. The molecule has 0 aliphatic rings. The fourth-order valence-electron chi connectivity index (χ4n) is 2.27. The van der Waals surface area contributed by atoms with Crippen LogP contribution in [0.4, 0.5) is 0 Å². The van der Waals surface area contributed by atoms with Gasteiger partial charge in [0.15, 0.2) is 0 Å². The highest BCUT2D eigenvalue weighted by atomic mass is 31.1. The molecule has 0 aromatic rings. The first-order valence-electron chi connectivity index (χ1n) is 9.68. The van der Waals surface area contributed by atoms with Crippen LogP contribution < -0.4 is 0 Å². The molecule has 0 aliphatic carbocycles. The summed E-state index contributed by atoms with van der Waals surface area (Å²) in [6, 6.07) is 0. The molecule has 1 N–H and O–H groups in total. The maximum Gasteiger partial charge on any atom is 0.694 e. The zero-order valence-corrected chi connectivity index (χ0v) is 17.2. The lowest BCUT2D eigenvalue weighted by Gasteiger charge is -2.32. The van der Waals surface area contributed by atoms with Gasteiger partial charge in [0, 0.05) is 50.4 Å². The Hall–Kier alpha value is -0.100. The van der Waals surface area contributed by atoms with Crippen molar-refractivity contribution in [2.75, 3.05) is 39.6 Å².